The van der Waals surface area contributed by atoms with E-state index in [2.05, 4.69) is 10.9 Å². The van der Waals surface area contributed by atoms with E-state index in [1.807, 2.05) is 30.3 Å². The van der Waals surface area contributed by atoms with Gasteiger partial charge in [-0.2, -0.15) is 0 Å². The maximum Gasteiger partial charge on any atom is 0.272 e. The number of nitrogens with one attached hydrogen (secondary N) is 2. The van der Waals surface area contributed by atoms with Crippen LogP contribution in [-0.2, 0) is 4.79 Å². The second-order valence-corrected chi connectivity index (χ2v) is 5.91. The molecule has 2 N–H and O–H groups in total. The van der Waals surface area contributed by atoms with Crippen LogP contribution in [0, 0.1) is 5.82 Å². The van der Waals surface area contributed by atoms with Crippen LogP contribution < -0.4 is 10.9 Å². The molecule has 114 valence electrons. The monoisotopic (exact) mass is 318 g/mol. The number of hydrazine groups is 1. The molecule has 0 saturated heterocycles. The van der Waals surface area contributed by atoms with Crippen LogP contribution >= 0.6 is 11.8 Å². The molecule has 0 saturated carbocycles. The standard InChI is InChI=1S/C16H15FN2O2S/c1-11(22-12-7-3-2-4-8-12)15(20)18-19-16(21)13-9-5-6-10-14(13)17/h2-11H,1H3,(H,18,20)(H,19,21). The van der Waals surface area contributed by atoms with Crippen molar-refractivity contribution in [3.05, 3.63) is 66.0 Å². The third-order valence-corrected chi connectivity index (χ3v) is 3.95. The summed E-state index contributed by atoms with van der Waals surface area (Å²) >= 11 is 1.36. The van der Waals surface area contributed by atoms with Crippen molar-refractivity contribution in [1.29, 1.82) is 0 Å². The summed E-state index contributed by atoms with van der Waals surface area (Å²) in [6.45, 7) is 1.72. The Balaban J connectivity index is 1.87. The molecule has 2 amide bonds. The second kappa shape index (κ2) is 7.61. The van der Waals surface area contributed by atoms with Crippen LogP contribution in [0.15, 0.2) is 59.5 Å². The average molecular weight is 318 g/mol. The maximum atomic E-state index is 13.4. The zero-order chi connectivity index (χ0) is 15.9. The summed E-state index contributed by atoms with van der Waals surface area (Å²) in [5.41, 5.74) is 4.40. The number of rotatable bonds is 4. The van der Waals surface area contributed by atoms with E-state index < -0.39 is 17.0 Å². The fraction of sp³-hybridized carbons (Fsp3) is 0.125. The van der Waals surface area contributed by atoms with Gasteiger partial charge in [-0.1, -0.05) is 30.3 Å². The third-order valence-electron chi connectivity index (χ3n) is 2.84. The Labute approximate surface area is 132 Å². The normalized spacial score (nSPS) is 11.5. The van der Waals surface area contributed by atoms with E-state index in [4.69, 9.17) is 0 Å². The highest BCUT2D eigenvalue weighted by Gasteiger charge is 2.16. The number of thioether (sulfide) groups is 1. The van der Waals surface area contributed by atoms with Gasteiger partial charge in [-0.3, -0.25) is 20.4 Å². The van der Waals surface area contributed by atoms with E-state index in [-0.39, 0.29) is 11.5 Å². The Kier molecular flexibility index (Phi) is 5.55. The van der Waals surface area contributed by atoms with Crippen molar-refractivity contribution in [2.24, 2.45) is 0 Å². The molecule has 0 heterocycles. The van der Waals surface area contributed by atoms with E-state index in [0.29, 0.717) is 0 Å². The zero-order valence-electron chi connectivity index (χ0n) is 11.9. The molecule has 0 aromatic heterocycles. The van der Waals surface area contributed by atoms with Crippen LogP contribution in [0.25, 0.3) is 0 Å². The van der Waals surface area contributed by atoms with Gasteiger partial charge in [0.05, 0.1) is 10.8 Å². The molecule has 0 bridgehead atoms. The second-order valence-electron chi connectivity index (χ2n) is 4.50. The molecule has 0 aliphatic rings. The highest BCUT2D eigenvalue weighted by Crippen LogP contribution is 2.22. The number of benzene rings is 2. The van der Waals surface area contributed by atoms with Crippen molar-refractivity contribution in [2.75, 3.05) is 0 Å². The van der Waals surface area contributed by atoms with Crippen LogP contribution in [0.2, 0.25) is 0 Å². The van der Waals surface area contributed by atoms with Crippen LogP contribution in [-0.4, -0.2) is 17.1 Å². The van der Waals surface area contributed by atoms with Gasteiger partial charge in [-0.05, 0) is 31.2 Å². The molecule has 1 unspecified atom stereocenters. The van der Waals surface area contributed by atoms with Crippen LogP contribution in [0.1, 0.15) is 17.3 Å². The minimum absolute atomic E-state index is 0.119. The molecule has 2 aromatic carbocycles. The number of halogens is 1. The molecule has 0 radical (unpaired) electrons. The largest absolute Gasteiger partial charge is 0.272 e. The fourth-order valence-electron chi connectivity index (χ4n) is 1.69. The van der Waals surface area contributed by atoms with Crippen molar-refractivity contribution in [3.8, 4) is 0 Å². The van der Waals surface area contributed by atoms with Gasteiger partial charge >= 0.3 is 0 Å². The lowest BCUT2D eigenvalue weighted by molar-refractivity contribution is -0.121. The lowest BCUT2D eigenvalue weighted by atomic mass is 10.2. The molecule has 6 heteroatoms. The van der Waals surface area contributed by atoms with Crippen molar-refractivity contribution in [2.45, 2.75) is 17.1 Å². The topological polar surface area (TPSA) is 58.2 Å². The first kappa shape index (κ1) is 16.0. The minimum atomic E-state index is -0.691. The first-order valence-electron chi connectivity index (χ1n) is 6.64. The Morgan fingerprint density at radius 1 is 1.00 bits per heavy atom. The SMILES string of the molecule is CC(Sc1ccccc1)C(=O)NNC(=O)c1ccccc1F. The summed E-state index contributed by atoms with van der Waals surface area (Å²) in [4.78, 5) is 24.7. The molecule has 22 heavy (non-hydrogen) atoms. The highest BCUT2D eigenvalue weighted by molar-refractivity contribution is 8.00. The summed E-state index contributed by atoms with van der Waals surface area (Å²) in [5.74, 6) is -1.69. The molecule has 0 fully saturated rings. The quantitative estimate of drug-likeness (QED) is 0.673. The molecule has 0 aliphatic carbocycles. The number of hydrogen-bond acceptors (Lipinski definition) is 3. The summed E-state index contributed by atoms with van der Waals surface area (Å²) in [5, 5.41) is -0.400. The molecule has 0 aliphatic heterocycles. The van der Waals surface area contributed by atoms with Crippen molar-refractivity contribution >= 4 is 23.6 Å². The third kappa shape index (κ3) is 4.33. The lowest BCUT2D eigenvalue weighted by Crippen LogP contribution is -2.45. The molecule has 4 nitrogen and oxygen atoms in total. The Morgan fingerprint density at radius 2 is 1.64 bits per heavy atom. The smallest absolute Gasteiger partial charge is 0.272 e. The van der Waals surface area contributed by atoms with E-state index in [9.17, 15) is 14.0 Å². The average Bonchev–Trinajstić information content (AvgIpc) is 2.53. The summed E-state index contributed by atoms with van der Waals surface area (Å²) in [7, 11) is 0. The number of carbonyl (C=O) groups excluding carboxylic acids is 2. The minimum Gasteiger partial charge on any atom is -0.272 e. The Morgan fingerprint density at radius 3 is 2.32 bits per heavy atom. The van der Waals surface area contributed by atoms with E-state index in [0.717, 1.165) is 4.90 Å². The van der Waals surface area contributed by atoms with Gasteiger partial charge in [0.15, 0.2) is 0 Å². The molecule has 0 spiro atoms. The van der Waals surface area contributed by atoms with E-state index >= 15 is 0 Å². The van der Waals surface area contributed by atoms with Crippen LogP contribution in [0.3, 0.4) is 0 Å². The Bertz CT molecular complexity index is 664. The lowest BCUT2D eigenvalue weighted by Gasteiger charge is -2.13. The summed E-state index contributed by atoms with van der Waals surface area (Å²) in [6, 6.07) is 15.0. The molecular weight excluding hydrogens is 303 g/mol. The number of hydrogen-bond donors (Lipinski definition) is 2. The maximum absolute atomic E-state index is 13.4. The van der Waals surface area contributed by atoms with Gasteiger partial charge in [0.25, 0.3) is 11.8 Å². The zero-order valence-corrected chi connectivity index (χ0v) is 12.7. The molecule has 1 atom stereocenters. The van der Waals surface area contributed by atoms with E-state index in [1.165, 1.54) is 30.0 Å². The number of carbonyl (C=O) groups is 2. The number of amides is 2. The van der Waals surface area contributed by atoms with Gasteiger partial charge in [0.2, 0.25) is 0 Å². The predicted octanol–water partition coefficient (Wildman–Crippen LogP) is 2.77. The first-order valence-corrected chi connectivity index (χ1v) is 7.52. The Hall–Kier alpha value is -2.34. The van der Waals surface area contributed by atoms with Gasteiger partial charge < -0.3 is 0 Å². The van der Waals surface area contributed by atoms with Gasteiger partial charge in [0, 0.05) is 4.90 Å². The van der Waals surface area contributed by atoms with E-state index in [1.54, 1.807) is 13.0 Å². The summed E-state index contributed by atoms with van der Waals surface area (Å²) < 4.78 is 13.4. The highest BCUT2D eigenvalue weighted by atomic mass is 32.2. The van der Waals surface area contributed by atoms with Gasteiger partial charge in [-0.15, -0.1) is 11.8 Å². The van der Waals surface area contributed by atoms with Crippen molar-refractivity contribution in [1.82, 2.24) is 10.9 Å². The first-order chi connectivity index (χ1) is 10.6. The van der Waals surface area contributed by atoms with Gasteiger partial charge in [-0.25, -0.2) is 4.39 Å². The molecule has 2 rings (SSSR count). The van der Waals surface area contributed by atoms with Gasteiger partial charge in [0.1, 0.15) is 5.82 Å². The van der Waals surface area contributed by atoms with Crippen molar-refractivity contribution in [3.63, 3.8) is 0 Å². The van der Waals surface area contributed by atoms with Crippen molar-refractivity contribution < 1.29 is 14.0 Å². The summed E-state index contributed by atoms with van der Waals surface area (Å²) in [6.07, 6.45) is 0. The molecular formula is C16H15FN2O2S. The fourth-order valence-corrected chi connectivity index (χ4v) is 2.58. The predicted molar refractivity (Wildman–Crippen MR) is 83.8 cm³/mol. The van der Waals surface area contributed by atoms with Crippen LogP contribution in [0.5, 0.6) is 0 Å². The van der Waals surface area contributed by atoms with Crippen LogP contribution in [0.4, 0.5) is 4.39 Å². The molecule has 2 aromatic rings.